The normalized spacial score (nSPS) is 10.9. The Bertz CT molecular complexity index is 762. The molecule has 0 spiro atoms. The Kier molecular flexibility index (Phi) is 3.16. The lowest BCUT2D eigenvalue weighted by molar-refractivity contribution is 0.439. The molecule has 102 valence electrons. The van der Waals surface area contributed by atoms with Crippen LogP contribution in [0.5, 0.6) is 0 Å². The van der Waals surface area contributed by atoms with E-state index in [1.165, 1.54) is 18.4 Å². The number of rotatable bonds is 2. The van der Waals surface area contributed by atoms with Crippen molar-refractivity contribution in [3.05, 3.63) is 46.6 Å². The Morgan fingerprint density at radius 3 is 2.60 bits per heavy atom. The highest BCUT2D eigenvalue weighted by Crippen LogP contribution is 2.42. The second-order valence-corrected chi connectivity index (χ2v) is 4.73. The Morgan fingerprint density at radius 1 is 1.15 bits per heavy atom. The van der Waals surface area contributed by atoms with Crippen LogP contribution in [0.25, 0.3) is 22.4 Å². The first-order valence-electron chi connectivity index (χ1n) is 5.52. The number of hydrogen-bond donors (Lipinski definition) is 1. The van der Waals surface area contributed by atoms with E-state index in [0.29, 0.717) is 5.56 Å². The lowest BCUT2D eigenvalue weighted by Gasteiger charge is -2.05. The highest BCUT2D eigenvalue weighted by atomic mass is 35.5. The fourth-order valence-corrected chi connectivity index (χ4v) is 2.39. The zero-order valence-corrected chi connectivity index (χ0v) is 11.4. The molecular weight excluding hydrogens is 306 g/mol. The van der Waals surface area contributed by atoms with Gasteiger partial charge in [0.1, 0.15) is 11.5 Å². The summed E-state index contributed by atoms with van der Waals surface area (Å²) in [5.74, 6) is -0.586. The maximum atomic E-state index is 14.1. The standard InChI is InChI=1S/C13H7Cl2FN2O2/c14-7-2-1-3-8(16)9(7)10-11(18-20-13(10)17)6-4-5-19-12(6)15/h1-5H,17H2. The molecule has 0 atom stereocenters. The van der Waals surface area contributed by atoms with Gasteiger partial charge in [-0.15, -0.1) is 0 Å². The summed E-state index contributed by atoms with van der Waals surface area (Å²) < 4.78 is 24.0. The van der Waals surface area contributed by atoms with Crippen molar-refractivity contribution in [2.45, 2.75) is 0 Å². The molecule has 20 heavy (non-hydrogen) atoms. The smallest absolute Gasteiger partial charge is 0.230 e. The van der Waals surface area contributed by atoms with Crippen LogP contribution in [0.15, 0.2) is 39.5 Å². The summed E-state index contributed by atoms with van der Waals surface area (Å²) >= 11 is 12.0. The molecular formula is C13H7Cl2FN2O2. The van der Waals surface area contributed by atoms with Gasteiger partial charge in [0.2, 0.25) is 11.1 Å². The van der Waals surface area contributed by atoms with E-state index in [2.05, 4.69) is 5.16 Å². The lowest BCUT2D eigenvalue weighted by Crippen LogP contribution is -1.91. The molecule has 0 aliphatic heterocycles. The summed E-state index contributed by atoms with van der Waals surface area (Å²) in [6, 6.07) is 5.90. The van der Waals surface area contributed by atoms with Crippen LogP contribution >= 0.6 is 23.2 Å². The van der Waals surface area contributed by atoms with Gasteiger partial charge in [-0.2, -0.15) is 0 Å². The number of nitrogen functional groups attached to an aromatic ring is 1. The third-order valence-electron chi connectivity index (χ3n) is 2.80. The number of benzene rings is 1. The van der Waals surface area contributed by atoms with Crippen molar-refractivity contribution in [3.63, 3.8) is 0 Å². The van der Waals surface area contributed by atoms with E-state index in [4.69, 9.17) is 37.9 Å². The van der Waals surface area contributed by atoms with Gasteiger partial charge in [-0.3, -0.25) is 0 Å². The SMILES string of the molecule is Nc1onc(-c2ccoc2Cl)c1-c1c(F)cccc1Cl. The zero-order valence-electron chi connectivity index (χ0n) is 9.86. The monoisotopic (exact) mass is 312 g/mol. The van der Waals surface area contributed by atoms with Gasteiger partial charge in [0.25, 0.3) is 0 Å². The predicted octanol–water partition coefficient (Wildman–Crippen LogP) is 4.63. The molecule has 0 bridgehead atoms. The molecule has 4 nitrogen and oxygen atoms in total. The fourth-order valence-electron chi connectivity index (χ4n) is 1.93. The van der Waals surface area contributed by atoms with Gasteiger partial charge in [-0.05, 0) is 29.8 Å². The summed E-state index contributed by atoms with van der Waals surface area (Å²) in [6.07, 6.45) is 1.38. The first-order valence-corrected chi connectivity index (χ1v) is 6.28. The number of hydrogen-bond acceptors (Lipinski definition) is 4. The molecule has 0 saturated carbocycles. The van der Waals surface area contributed by atoms with Crippen LogP contribution in [0.3, 0.4) is 0 Å². The third-order valence-corrected chi connectivity index (χ3v) is 3.41. The van der Waals surface area contributed by atoms with Gasteiger partial charge in [-0.25, -0.2) is 4.39 Å². The molecule has 2 aromatic heterocycles. The Balaban J connectivity index is 2.31. The maximum absolute atomic E-state index is 14.1. The van der Waals surface area contributed by atoms with E-state index in [1.54, 1.807) is 12.1 Å². The number of furan rings is 1. The van der Waals surface area contributed by atoms with Crippen LogP contribution in [0.2, 0.25) is 10.2 Å². The maximum Gasteiger partial charge on any atom is 0.230 e. The summed E-state index contributed by atoms with van der Waals surface area (Å²) in [5, 5.41) is 4.11. The van der Waals surface area contributed by atoms with Gasteiger partial charge >= 0.3 is 0 Å². The highest BCUT2D eigenvalue weighted by molar-refractivity contribution is 6.34. The Morgan fingerprint density at radius 2 is 1.95 bits per heavy atom. The van der Waals surface area contributed by atoms with Crippen molar-refractivity contribution in [1.29, 1.82) is 0 Å². The van der Waals surface area contributed by atoms with Gasteiger partial charge in [0.15, 0.2) is 0 Å². The first kappa shape index (κ1) is 13.0. The summed E-state index contributed by atoms with van der Waals surface area (Å²) in [4.78, 5) is 0. The van der Waals surface area contributed by atoms with E-state index in [1.807, 2.05) is 0 Å². The van der Waals surface area contributed by atoms with E-state index in [-0.39, 0.29) is 32.9 Å². The van der Waals surface area contributed by atoms with E-state index >= 15 is 0 Å². The van der Waals surface area contributed by atoms with Crippen molar-refractivity contribution in [1.82, 2.24) is 5.16 Å². The van der Waals surface area contributed by atoms with Crippen molar-refractivity contribution in [3.8, 4) is 22.4 Å². The largest absolute Gasteiger partial charge is 0.452 e. The van der Waals surface area contributed by atoms with Crippen LogP contribution in [-0.2, 0) is 0 Å². The minimum atomic E-state index is -0.534. The number of halogens is 3. The van der Waals surface area contributed by atoms with Crippen LogP contribution in [0.1, 0.15) is 0 Å². The van der Waals surface area contributed by atoms with Crippen LogP contribution in [0.4, 0.5) is 10.3 Å². The molecule has 1 aromatic carbocycles. The number of aromatic nitrogens is 1. The molecule has 0 unspecified atom stereocenters. The van der Waals surface area contributed by atoms with E-state index < -0.39 is 5.82 Å². The molecule has 0 aliphatic rings. The van der Waals surface area contributed by atoms with Gasteiger partial charge < -0.3 is 14.7 Å². The highest BCUT2D eigenvalue weighted by Gasteiger charge is 2.24. The zero-order chi connectivity index (χ0) is 14.3. The molecule has 0 saturated heterocycles. The quantitative estimate of drug-likeness (QED) is 0.749. The van der Waals surface area contributed by atoms with Gasteiger partial charge in [-0.1, -0.05) is 22.8 Å². The summed E-state index contributed by atoms with van der Waals surface area (Å²) in [7, 11) is 0. The van der Waals surface area contributed by atoms with Crippen molar-refractivity contribution in [2.24, 2.45) is 0 Å². The molecule has 0 radical (unpaired) electrons. The molecule has 3 rings (SSSR count). The Hall–Kier alpha value is -1.98. The second kappa shape index (κ2) is 4.85. The minimum Gasteiger partial charge on any atom is -0.452 e. The average Bonchev–Trinajstić information content (AvgIpc) is 2.97. The average molecular weight is 313 g/mol. The number of anilines is 1. The molecule has 2 N–H and O–H groups in total. The lowest BCUT2D eigenvalue weighted by atomic mass is 10.0. The van der Waals surface area contributed by atoms with Gasteiger partial charge in [0, 0.05) is 5.56 Å². The van der Waals surface area contributed by atoms with Crippen LogP contribution in [-0.4, -0.2) is 5.16 Å². The van der Waals surface area contributed by atoms with Crippen molar-refractivity contribution < 1.29 is 13.3 Å². The summed E-state index contributed by atoms with van der Waals surface area (Å²) in [6.45, 7) is 0. The third kappa shape index (κ3) is 1.95. The molecule has 2 heterocycles. The topological polar surface area (TPSA) is 65.2 Å². The first-order chi connectivity index (χ1) is 9.59. The number of nitrogens with zero attached hydrogens (tertiary/aromatic N) is 1. The van der Waals surface area contributed by atoms with Crippen molar-refractivity contribution >= 4 is 29.1 Å². The van der Waals surface area contributed by atoms with E-state index in [0.717, 1.165) is 0 Å². The molecule has 3 aromatic rings. The second-order valence-electron chi connectivity index (χ2n) is 3.98. The van der Waals surface area contributed by atoms with Gasteiger partial charge in [0.05, 0.1) is 22.4 Å². The minimum absolute atomic E-state index is 0.0516. The predicted molar refractivity (Wildman–Crippen MR) is 74.0 cm³/mol. The molecule has 0 amide bonds. The van der Waals surface area contributed by atoms with Crippen LogP contribution in [0, 0.1) is 5.82 Å². The molecule has 0 aliphatic carbocycles. The number of nitrogens with two attached hydrogens (primary N) is 1. The fraction of sp³-hybridized carbons (Fsp3) is 0. The van der Waals surface area contributed by atoms with Crippen LogP contribution < -0.4 is 5.73 Å². The Labute approximate surface area is 122 Å². The van der Waals surface area contributed by atoms with E-state index in [9.17, 15) is 4.39 Å². The summed E-state index contributed by atoms with van der Waals surface area (Å²) in [5.41, 5.74) is 6.81. The van der Waals surface area contributed by atoms with Crippen molar-refractivity contribution in [2.75, 3.05) is 5.73 Å². The molecule has 0 fully saturated rings. The molecule has 7 heteroatoms.